The molecule has 5 nitrogen and oxygen atoms in total. The molecule has 15 heavy (non-hydrogen) atoms. The molecule has 1 unspecified atom stereocenters. The van der Waals surface area contributed by atoms with Crippen molar-refractivity contribution in [3.05, 3.63) is 0 Å². The van der Waals surface area contributed by atoms with Gasteiger partial charge in [0, 0.05) is 25.6 Å². The number of nitrogens with two attached hydrogens (primary N) is 1. The van der Waals surface area contributed by atoms with Gasteiger partial charge in [-0.2, -0.15) is 0 Å². The van der Waals surface area contributed by atoms with Crippen molar-refractivity contribution in [1.29, 1.82) is 0 Å². The highest BCUT2D eigenvalue weighted by molar-refractivity contribution is 5.85. The van der Waals surface area contributed by atoms with Gasteiger partial charge in [0.15, 0.2) is 0 Å². The summed E-state index contributed by atoms with van der Waals surface area (Å²) in [4.78, 5) is 24.2. The van der Waals surface area contributed by atoms with Crippen molar-refractivity contribution in [2.75, 3.05) is 19.6 Å². The SMILES string of the molecule is CC(N)CCNC(=O)CN1CCCC1=O. The first-order chi connectivity index (χ1) is 7.09. The Balaban J connectivity index is 2.15. The first-order valence-electron chi connectivity index (χ1n) is 5.39. The lowest BCUT2D eigenvalue weighted by atomic mass is 10.2. The minimum atomic E-state index is -0.0918. The van der Waals surface area contributed by atoms with Gasteiger partial charge in [0.2, 0.25) is 11.8 Å². The summed E-state index contributed by atoms with van der Waals surface area (Å²) in [5, 5.41) is 2.75. The zero-order valence-electron chi connectivity index (χ0n) is 9.16. The van der Waals surface area contributed by atoms with E-state index in [4.69, 9.17) is 5.73 Å². The number of amides is 2. The summed E-state index contributed by atoms with van der Waals surface area (Å²) < 4.78 is 0. The average Bonchev–Trinajstić information content (AvgIpc) is 2.51. The van der Waals surface area contributed by atoms with Crippen LogP contribution in [0.5, 0.6) is 0 Å². The summed E-state index contributed by atoms with van der Waals surface area (Å²) in [6.45, 7) is 3.38. The van der Waals surface area contributed by atoms with Crippen molar-refractivity contribution in [3.63, 3.8) is 0 Å². The Morgan fingerprint density at radius 1 is 1.67 bits per heavy atom. The molecule has 1 saturated heterocycles. The van der Waals surface area contributed by atoms with Gasteiger partial charge in [-0.15, -0.1) is 0 Å². The molecule has 0 bridgehead atoms. The molecule has 1 aliphatic heterocycles. The normalized spacial score (nSPS) is 18.0. The molecular formula is C10H19N3O2. The van der Waals surface area contributed by atoms with E-state index >= 15 is 0 Å². The Hall–Kier alpha value is -1.10. The fraction of sp³-hybridized carbons (Fsp3) is 0.800. The molecule has 0 saturated carbocycles. The Morgan fingerprint density at radius 2 is 2.40 bits per heavy atom. The molecule has 0 spiro atoms. The number of rotatable bonds is 5. The highest BCUT2D eigenvalue weighted by Gasteiger charge is 2.21. The topological polar surface area (TPSA) is 75.4 Å². The second-order valence-corrected chi connectivity index (χ2v) is 4.03. The van der Waals surface area contributed by atoms with Gasteiger partial charge >= 0.3 is 0 Å². The molecule has 0 aliphatic carbocycles. The smallest absolute Gasteiger partial charge is 0.239 e. The molecule has 3 N–H and O–H groups in total. The average molecular weight is 213 g/mol. The molecule has 1 rings (SSSR count). The number of nitrogens with zero attached hydrogens (tertiary/aromatic N) is 1. The van der Waals surface area contributed by atoms with E-state index in [-0.39, 0.29) is 24.4 Å². The lowest BCUT2D eigenvalue weighted by Gasteiger charge is -2.15. The van der Waals surface area contributed by atoms with Crippen molar-refractivity contribution >= 4 is 11.8 Å². The van der Waals surface area contributed by atoms with Gasteiger partial charge in [0.1, 0.15) is 0 Å². The number of hydrogen-bond donors (Lipinski definition) is 2. The number of nitrogens with one attached hydrogen (secondary N) is 1. The number of carbonyl (C=O) groups is 2. The third-order valence-corrected chi connectivity index (χ3v) is 2.43. The highest BCUT2D eigenvalue weighted by Crippen LogP contribution is 2.08. The molecule has 5 heteroatoms. The van der Waals surface area contributed by atoms with E-state index in [2.05, 4.69) is 5.32 Å². The van der Waals surface area contributed by atoms with E-state index in [1.165, 1.54) is 0 Å². The van der Waals surface area contributed by atoms with E-state index < -0.39 is 0 Å². The second-order valence-electron chi connectivity index (χ2n) is 4.03. The first-order valence-corrected chi connectivity index (χ1v) is 5.39. The Kier molecular flexibility index (Phi) is 4.55. The summed E-state index contributed by atoms with van der Waals surface area (Å²) in [5.41, 5.74) is 5.55. The first kappa shape index (κ1) is 12.0. The maximum Gasteiger partial charge on any atom is 0.239 e. The highest BCUT2D eigenvalue weighted by atomic mass is 16.2. The van der Waals surface area contributed by atoms with E-state index in [9.17, 15) is 9.59 Å². The number of likely N-dealkylation sites (tertiary alicyclic amines) is 1. The van der Waals surface area contributed by atoms with Gasteiger partial charge in [0.25, 0.3) is 0 Å². The fourth-order valence-corrected chi connectivity index (χ4v) is 1.54. The van der Waals surface area contributed by atoms with Crippen LogP contribution in [0.2, 0.25) is 0 Å². The predicted molar refractivity (Wildman–Crippen MR) is 57.1 cm³/mol. The minimum Gasteiger partial charge on any atom is -0.355 e. The molecule has 1 heterocycles. The molecule has 1 aliphatic rings. The largest absolute Gasteiger partial charge is 0.355 e. The van der Waals surface area contributed by atoms with Crippen LogP contribution in [0.15, 0.2) is 0 Å². The van der Waals surface area contributed by atoms with Crippen LogP contribution >= 0.6 is 0 Å². The fourth-order valence-electron chi connectivity index (χ4n) is 1.54. The van der Waals surface area contributed by atoms with Crippen LogP contribution in [-0.4, -0.2) is 42.4 Å². The van der Waals surface area contributed by atoms with Crippen LogP contribution in [-0.2, 0) is 9.59 Å². The molecule has 0 aromatic rings. The van der Waals surface area contributed by atoms with Crippen LogP contribution in [0.1, 0.15) is 26.2 Å². The zero-order chi connectivity index (χ0) is 11.3. The van der Waals surface area contributed by atoms with Gasteiger partial charge in [-0.3, -0.25) is 9.59 Å². The minimum absolute atomic E-state index is 0.0809. The second kappa shape index (κ2) is 5.70. The monoisotopic (exact) mass is 213 g/mol. The Labute approximate surface area is 90.0 Å². The van der Waals surface area contributed by atoms with Crippen LogP contribution in [0.4, 0.5) is 0 Å². The molecule has 0 aromatic heterocycles. The number of carbonyl (C=O) groups excluding carboxylic acids is 2. The summed E-state index contributed by atoms with van der Waals surface area (Å²) >= 11 is 0. The zero-order valence-corrected chi connectivity index (χ0v) is 9.16. The van der Waals surface area contributed by atoms with E-state index in [0.717, 1.165) is 12.8 Å². The molecule has 86 valence electrons. The molecule has 0 aromatic carbocycles. The van der Waals surface area contributed by atoms with Crippen LogP contribution in [0, 0.1) is 0 Å². The van der Waals surface area contributed by atoms with Crippen LogP contribution in [0.3, 0.4) is 0 Å². The Morgan fingerprint density at radius 3 is 2.93 bits per heavy atom. The summed E-state index contributed by atoms with van der Waals surface area (Å²) in [6.07, 6.45) is 2.21. The van der Waals surface area contributed by atoms with Crippen molar-refractivity contribution in [2.24, 2.45) is 5.73 Å². The molecular weight excluding hydrogens is 194 g/mol. The standard InChI is InChI=1S/C10H19N3O2/c1-8(11)4-5-12-9(14)7-13-6-2-3-10(13)15/h8H,2-7,11H2,1H3,(H,12,14). The van der Waals surface area contributed by atoms with Crippen molar-refractivity contribution in [2.45, 2.75) is 32.2 Å². The third kappa shape index (κ3) is 4.29. The lowest BCUT2D eigenvalue weighted by molar-refractivity contribution is -0.133. The van der Waals surface area contributed by atoms with Crippen molar-refractivity contribution in [3.8, 4) is 0 Å². The van der Waals surface area contributed by atoms with Gasteiger partial charge < -0.3 is 16.0 Å². The van der Waals surface area contributed by atoms with Gasteiger partial charge in [-0.25, -0.2) is 0 Å². The molecule has 2 amide bonds. The maximum atomic E-state index is 11.4. The maximum absolute atomic E-state index is 11.4. The Bertz CT molecular complexity index is 241. The summed E-state index contributed by atoms with van der Waals surface area (Å²) in [5.74, 6) is -0.0109. The van der Waals surface area contributed by atoms with Crippen molar-refractivity contribution in [1.82, 2.24) is 10.2 Å². The quantitative estimate of drug-likeness (QED) is 0.644. The van der Waals surface area contributed by atoms with Gasteiger partial charge in [-0.1, -0.05) is 0 Å². The summed E-state index contributed by atoms with van der Waals surface area (Å²) in [7, 11) is 0. The third-order valence-electron chi connectivity index (χ3n) is 2.43. The van der Waals surface area contributed by atoms with Crippen LogP contribution < -0.4 is 11.1 Å². The predicted octanol–water partition coefficient (Wildman–Crippen LogP) is -0.538. The van der Waals surface area contributed by atoms with Gasteiger partial charge in [0.05, 0.1) is 6.54 Å². The van der Waals surface area contributed by atoms with Gasteiger partial charge in [-0.05, 0) is 19.8 Å². The summed E-state index contributed by atoms with van der Waals surface area (Å²) in [6, 6.07) is 0.0960. The van der Waals surface area contributed by atoms with Crippen LogP contribution in [0.25, 0.3) is 0 Å². The molecule has 0 radical (unpaired) electrons. The van der Waals surface area contributed by atoms with E-state index in [0.29, 0.717) is 19.5 Å². The number of hydrogen-bond acceptors (Lipinski definition) is 3. The van der Waals surface area contributed by atoms with E-state index in [1.807, 2.05) is 6.92 Å². The lowest BCUT2D eigenvalue weighted by Crippen LogP contribution is -2.39. The van der Waals surface area contributed by atoms with E-state index in [1.54, 1.807) is 4.90 Å². The molecule has 1 atom stereocenters. The van der Waals surface area contributed by atoms with Crippen molar-refractivity contribution < 1.29 is 9.59 Å². The molecule has 1 fully saturated rings.